The zero-order valence-corrected chi connectivity index (χ0v) is 14.7. The Bertz CT molecular complexity index is 864. The number of hydrogen-bond acceptors (Lipinski definition) is 2. The molecule has 0 amide bonds. The molecule has 0 aliphatic heterocycles. The molecule has 0 saturated heterocycles. The summed E-state index contributed by atoms with van der Waals surface area (Å²) in [6.45, 7) is 4.73. The maximum absolute atomic E-state index is 12.9. The van der Waals surface area contributed by atoms with Crippen molar-refractivity contribution in [3.63, 3.8) is 0 Å². The van der Waals surface area contributed by atoms with Crippen LogP contribution in [-0.4, -0.2) is 23.2 Å². The molecular weight excluding hydrogens is 369 g/mol. The molecule has 0 aliphatic carbocycles. The highest BCUT2D eigenvalue weighted by Crippen LogP contribution is 2.36. The first-order valence-corrected chi connectivity index (χ1v) is 8.97. The molecule has 0 bridgehead atoms. The molecule has 0 saturated carbocycles. The van der Waals surface area contributed by atoms with Gasteiger partial charge in [-0.05, 0) is 13.8 Å². The molecule has 2 rings (SSSR count). The number of alkyl halides is 3. The van der Waals surface area contributed by atoms with Gasteiger partial charge in [-0.15, -0.1) is 0 Å². The summed E-state index contributed by atoms with van der Waals surface area (Å²) in [7, 11) is -4.22. The minimum atomic E-state index is -4.57. The summed E-state index contributed by atoms with van der Waals surface area (Å²) in [5.74, 6) is -0.495. The van der Waals surface area contributed by atoms with Gasteiger partial charge in [-0.3, -0.25) is 4.55 Å². The van der Waals surface area contributed by atoms with Gasteiger partial charge in [0.15, 0.2) is 11.0 Å². The summed E-state index contributed by atoms with van der Waals surface area (Å²) in [6, 6.07) is 1.69. The fraction of sp³-hybridized carbons (Fsp3) is 0.500. The monoisotopic (exact) mass is 385 g/mol. The van der Waals surface area contributed by atoms with Crippen LogP contribution in [0.25, 0.3) is 11.0 Å². The smallest absolute Gasteiger partial charge is 0.285 e. The topological polar surface area (TPSA) is 74.0 Å². The summed E-state index contributed by atoms with van der Waals surface area (Å²) in [5.41, 5.74) is -0.308. The van der Waals surface area contributed by atoms with Gasteiger partial charge in [0.25, 0.3) is 10.1 Å². The number of rotatable bonds is 4. The van der Waals surface area contributed by atoms with Gasteiger partial charge in [0.2, 0.25) is 6.33 Å². The summed E-state index contributed by atoms with van der Waals surface area (Å²) in [4.78, 5) is 2.73. The minimum absolute atomic E-state index is 0.227. The van der Waals surface area contributed by atoms with E-state index in [1.165, 1.54) is 19.3 Å². The lowest BCUT2D eigenvalue weighted by Crippen LogP contribution is -2.44. The average molecular weight is 386 g/mol. The highest BCUT2D eigenvalue weighted by atomic mass is 35.5. The van der Waals surface area contributed by atoms with Gasteiger partial charge < -0.3 is 0 Å². The van der Waals surface area contributed by atoms with Crippen LogP contribution in [0, 0.1) is 5.92 Å². The van der Waals surface area contributed by atoms with E-state index in [2.05, 4.69) is 4.98 Å². The van der Waals surface area contributed by atoms with E-state index >= 15 is 0 Å². The predicted octanol–water partition coefficient (Wildman–Crippen LogP) is 3.60. The molecular formula is C14H17ClF3N2O3S+. The first-order chi connectivity index (χ1) is 10.8. The number of aromatic nitrogens is 2. The zero-order chi connectivity index (χ0) is 18.4. The van der Waals surface area contributed by atoms with E-state index in [1.807, 2.05) is 0 Å². The Morgan fingerprint density at radius 1 is 1.25 bits per heavy atom. The van der Waals surface area contributed by atoms with Gasteiger partial charge in [0, 0.05) is 18.1 Å². The van der Waals surface area contributed by atoms with Crippen LogP contribution in [0.15, 0.2) is 18.5 Å². The van der Waals surface area contributed by atoms with Crippen molar-refractivity contribution in [2.24, 2.45) is 5.92 Å². The second kappa shape index (κ2) is 6.20. The Balaban J connectivity index is 2.49. The number of aromatic amines is 1. The van der Waals surface area contributed by atoms with Crippen molar-refractivity contribution in [2.45, 2.75) is 38.2 Å². The van der Waals surface area contributed by atoms with Crippen molar-refractivity contribution in [3.05, 3.63) is 29.0 Å². The molecule has 2 N–H and O–H groups in total. The summed E-state index contributed by atoms with van der Waals surface area (Å²) >= 11 is 5.75. The van der Waals surface area contributed by atoms with Crippen molar-refractivity contribution >= 4 is 32.8 Å². The van der Waals surface area contributed by atoms with Gasteiger partial charge in [0.05, 0.1) is 15.8 Å². The zero-order valence-electron chi connectivity index (χ0n) is 13.1. The lowest BCUT2D eigenvalue weighted by Gasteiger charge is -2.22. The first kappa shape index (κ1) is 19.0. The minimum Gasteiger partial charge on any atom is -0.285 e. The molecule has 1 aromatic carbocycles. The first-order valence-electron chi connectivity index (χ1n) is 7.09. The fourth-order valence-electron chi connectivity index (χ4n) is 2.57. The van der Waals surface area contributed by atoms with Crippen molar-refractivity contribution in [1.82, 2.24) is 4.98 Å². The van der Waals surface area contributed by atoms with Gasteiger partial charge in [-0.1, -0.05) is 18.5 Å². The van der Waals surface area contributed by atoms with Crippen molar-refractivity contribution < 1.29 is 30.7 Å². The third kappa shape index (κ3) is 3.52. The standard InChI is InChI=1S/C14H16ClF3N2O3S/c1-7(9(3)24(21,22)23)8(2)20-6-19-12-4-10(14(16,17)18)11(15)5-13(12)20/h4-9H,1-3H3,(H,21,22,23)/p+1. The van der Waals surface area contributed by atoms with E-state index in [0.717, 1.165) is 6.07 Å². The van der Waals surface area contributed by atoms with Crippen molar-refractivity contribution in [1.29, 1.82) is 0 Å². The molecule has 1 aromatic heterocycles. The molecule has 134 valence electrons. The van der Waals surface area contributed by atoms with Gasteiger partial charge in [0.1, 0.15) is 6.04 Å². The average Bonchev–Trinajstić information content (AvgIpc) is 2.84. The molecule has 0 aliphatic rings. The van der Waals surface area contributed by atoms with Crippen LogP contribution in [0.2, 0.25) is 5.02 Å². The molecule has 10 heteroatoms. The Morgan fingerprint density at radius 3 is 2.33 bits per heavy atom. The number of halogens is 4. The summed E-state index contributed by atoms with van der Waals surface area (Å²) < 4.78 is 72.1. The van der Waals surface area contributed by atoms with E-state index in [1.54, 1.807) is 18.4 Å². The fourth-order valence-corrected chi connectivity index (χ4v) is 3.61. The lowest BCUT2D eigenvalue weighted by molar-refractivity contribution is -0.701. The molecule has 3 atom stereocenters. The van der Waals surface area contributed by atoms with Crippen LogP contribution in [0.1, 0.15) is 32.4 Å². The highest BCUT2D eigenvalue weighted by Gasteiger charge is 2.36. The third-order valence-corrected chi connectivity index (χ3v) is 6.12. The van der Waals surface area contributed by atoms with E-state index in [4.69, 9.17) is 11.6 Å². The highest BCUT2D eigenvalue weighted by molar-refractivity contribution is 7.86. The Labute approximate surface area is 142 Å². The molecule has 0 fully saturated rings. The number of nitrogens with one attached hydrogen (secondary N) is 1. The molecule has 5 nitrogen and oxygen atoms in total. The summed E-state index contributed by atoms with van der Waals surface area (Å²) in [5, 5.41) is -1.47. The second-order valence-electron chi connectivity index (χ2n) is 5.85. The van der Waals surface area contributed by atoms with E-state index < -0.39 is 44.1 Å². The van der Waals surface area contributed by atoms with Gasteiger partial charge in [-0.2, -0.15) is 21.6 Å². The van der Waals surface area contributed by atoms with E-state index in [0.29, 0.717) is 5.52 Å². The molecule has 0 radical (unpaired) electrons. The van der Waals surface area contributed by atoms with Crippen molar-refractivity contribution in [2.75, 3.05) is 0 Å². The normalized spacial score (nSPS) is 17.0. The quantitative estimate of drug-likeness (QED) is 0.623. The van der Waals surface area contributed by atoms with Crippen LogP contribution in [0.5, 0.6) is 0 Å². The van der Waals surface area contributed by atoms with Gasteiger partial charge in [-0.25, -0.2) is 9.55 Å². The molecule has 0 spiro atoms. The molecule has 1 heterocycles. The largest absolute Gasteiger partial charge is 0.418 e. The van der Waals surface area contributed by atoms with Crippen molar-refractivity contribution in [3.8, 4) is 0 Å². The summed E-state index contributed by atoms with van der Waals surface area (Å²) in [6.07, 6.45) is -3.11. The van der Waals surface area contributed by atoms with Crippen LogP contribution in [0.3, 0.4) is 0 Å². The Kier molecular flexibility index (Phi) is 4.91. The van der Waals surface area contributed by atoms with Crippen LogP contribution < -0.4 is 4.57 Å². The molecule has 3 unspecified atom stereocenters. The van der Waals surface area contributed by atoms with Crippen LogP contribution in [-0.2, 0) is 16.3 Å². The van der Waals surface area contributed by atoms with Gasteiger partial charge >= 0.3 is 6.18 Å². The number of fused-ring (bicyclic) bond motifs is 1. The Morgan fingerprint density at radius 2 is 1.83 bits per heavy atom. The lowest BCUT2D eigenvalue weighted by atomic mass is 10.00. The molecule has 24 heavy (non-hydrogen) atoms. The van der Waals surface area contributed by atoms with E-state index in [-0.39, 0.29) is 5.52 Å². The number of nitrogens with zero attached hydrogens (tertiary/aromatic N) is 1. The van der Waals surface area contributed by atoms with Crippen LogP contribution in [0.4, 0.5) is 13.2 Å². The van der Waals surface area contributed by atoms with E-state index in [9.17, 15) is 26.1 Å². The third-order valence-electron chi connectivity index (χ3n) is 4.44. The number of imidazole rings is 1. The van der Waals surface area contributed by atoms with Crippen LogP contribution >= 0.6 is 11.6 Å². The Hall–Kier alpha value is -1.32. The molecule has 2 aromatic rings. The predicted molar refractivity (Wildman–Crippen MR) is 83.4 cm³/mol. The second-order valence-corrected chi connectivity index (χ2v) is 8.03. The maximum Gasteiger partial charge on any atom is 0.418 e. The number of H-pyrrole nitrogens is 1. The maximum atomic E-state index is 12.9. The number of hydrogen-bond donors (Lipinski definition) is 2. The SMILES string of the molecule is CC(C(C)[n+]1c[nH]c2cc(C(F)(F)F)c(Cl)cc21)C(C)S(=O)(=O)O. The number of benzene rings is 1.